The van der Waals surface area contributed by atoms with Crippen LogP contribution in [-0.4, -0.2) is 41.7 Å². The second-order valence-electron chi connectivity index (χ2n) is 6.38. The zero-order chi connectivity index (χ0) is 20.6. The van der Waals surface area contributed by atoms with Crippen molar-refractivity contribution in [2.75, 3.05) is 26.1 Å². The molecule has 3 aromatic rings. The van der Waals surface area contributed by atoms with Gasteiger partial charge in [0.25, 0.3) is 0 Å². The zero-order valence-electron chi connectivity index (χ0n) is 16.8. The van der Waals surface area contributed by atoms with Crippen molar-refractivity contribution in [1.82, 2.24) is 20.3 Å². The first kappa shape index (κ1) is 20.2. The summed E-state index contributed by atoms with van der Waals surface area (Å²) in [6.07, 6.45) is 1.76. The van der Waals surface area contributed by atoms with Crippen LogP contribution in [0.5, 0.6) is 11.5 Å². The number of carbonyl (C=O) groups excluding carboxylic acids is 1. The molecule has 0 aliphatic carbocycles. The van der Waals surface area contributed by atoms with Crippen molar-refractivity contribution in [2.45, 2.75) is 20.0 Å². The van der Waals surface area contributed by atoms with Gasteiger partial charge in [0.05, 0.1) is 20.4 Å². The molecule has 29 heavy (non-hydrogen) atoms. The maximum Gasteiger partial charge on any atom is 0.242 e. The summed E-state index contributed by atoms with van der Waals surface area (Å²) >= 11 is 0. The van der Waals surface area contributed by atoms with Gasteiger partial charge in [-0.05, 0) is 36.8 Å². The van der Waals surface area contributed by atoms with E-state index >= 15 is 0 Å². The molecule has 1 heterocycles. The van der Waals surface area contributed by atoms with Crippen LogP contribution in [0, 0.1) is 0 Å². The number of aromatic nitrogens is 3. The molecule has 0 aliphatic heterocycles. The summed E-state index contributed by atoms with van der Waals surface area (Å²) in [6.45, 7) is 3.36. The van der Waals surface area contributed by atoms with E-state index in [4.69, 9.17) is 9.47 Å². The molecule has 2 N–H and O–H groups in total. The van der Waals surface area contributed by atoms with Gasteiger partial charge in [0.1, 0.15) is 12.2 Å². The van der Waals surface area contributed by atoms with Gasteiger partial charge in [-0.15, -0.1) is 5.10 Å². The highest BCUT2D eigenvalue weighted by Gasteiger charge is 2.09. The molecule has 0 saturated heterocycles. The van der Waals surface area contributed by atoms with Crippen molar-refractivity contribution < 1.29 is 14.3 Å². The van der Waals surface area contributed by atoms with Crippen molar-refractivity contribution in [2.24, 2.45) is 0 Å². The summed E-state index contributed by atoms with van der Waals surface area (Å²) in [6, 6.07) is 13.5. The number of methoxy groups -OCH3 is 2. The second-order valence-corrected chi connectivity index (χ2v) is 6.38. The number of nitrogens with zero attached hydrogens (tertiary/aromatic N) is 3. The Kier molecular flexibility index (Phi) is 6.67. The molecule has 0 bridgehead atoms. The van der Waals surface area contributed by atoms with Crippen LogP contribution in [0.25, 0.3) is 11.3 Å². The Morgan fingerprint density at radius 1 is 1.10 bits per heavy atom. The van der Waals surface area contributed by atoms with Crippen LogP contribution in [0.15, 0.2) is 48.7 Å². The third kappa shape index (κ3) is 5.25. The van der Waals surface area contributed by atoms with E-state index in [1.165, 1.54) is 4.68 Å². The Labute approximate surface area is 169 Å². The SMILES string of the molecule is CCNc1cccc(-c2cn(CC(=O)NCc3ccc(OC)c(OC)c3)nn2)c1. The predicted octanol–water partition coefficient (Wildman–Crippen LogP) is 2.71. The van der Waals surface area contributed by atoms with Crippen LogP contribution in [0.4, 0.5) is 5.69 Å². The number of rotatable bonds is 9. The highest BCUT2D eigenvalue weighted by atomic mass is 16.5. The van der Waals surface area contributed by atoms with Crippen molar-refractivity contribution in [1.29, 1.82) is 0 Å². The van der Waals surface area contributed by atoms with Crippen molar-refractivity contribution in [3.05, 3.63) is 54.2 Å². The molecule has 8 nitrogen and oxygen atoms in total. The lowest BCUT2D eigenvalue weighted by Crippen LogP contribution is -2.27. The maximum absolute atomic E-state index is 12.3. The number of amides is 1. The maximum atomic E-state index is 12.3. The Morgan fingerprint density at radius 3 is 2.69 bits per heavy atom. The lowest BCUT2D eigenvalue weighted by Gasteiger charge is -2.10. The first-order chi connectivity index (χ1) is 14.1. The van der Waals surface area contributed by atoms with Gasteiger partial charge in [0.15, 0.2) is 11.5 Å². The van der Waals surface area contributed by atoms with Gasteiger partial charge in [-0.2, -0.15) is 0 Å². The number of ether oxygens (including phenoxy) is 2. The molecule has 0 spiro atoms. The van der Waals surface area contributed by atoms with Crippen molar-refractivity contribution in [3.63, 3.8) is 0 Å². The fourth-order valence-corrected chi connectivity index (χ4v) is 2.89. The molecule has 1 amide bonds. The van der Waals surface area contributed by atoms with E-state index in [9.17, 15) is 4.79 Å². The quantitative estimate of drug-likeness (QED) is 0.579. The smallest absolute Gasteiger partial charge is 0.242 e. The molecule has 3 rings (SSSR count). The van der Waals surface area contributed by atoms with Gasteiger partial charge in [0.2, 0.25) is 5.91 Å². The summed E-state index contributed by atoms with van der Waals surface area (Å²) in [5.74, 6) is 1.12. The van der Waals surface area contributed by atoms with E-state index in [2.05, 4.69) is 20.9 Å². The summed E-state index contributed by atoms with van der Waals surface area (Å²) in [4.78, 5) is 12.3. The molecule has 0 atom stereocenters. The predicted molar refractivity (Wildman–Crippen MR) is 111 cm³/mol. The van der Waals surface area contributed by atoms with E-state index in [1.807, 2.05) is 49.4 Å². The molecule has 2 aromatic carbocycles. The Hall–Kier alpha value is -3.55. The normalized spacial score (nSPS) is 10.4. The van der Waals surface area contributed by atoms with Crippen LogP contribution in [0.3, 0.4) is 0 Å². The van der Waals surface area contributed by atoms with Gasteiger partial charge in [0, 0.05) is 24.3 Å². The summed E-state index contributed by atoms with van der Waals surface area (Å²) < 4.78 is 12.0. The van der Waals surface area contributed by atoms with E-state index in [0.29, 0.717) is 18.0 Å². The number of anilines is 1. The van der Waals surface area contributed by atoms with Gasteiger partial charge in [-0.3, -0.25) is 4.79 Å². The molecule has 0 aliphatic rings. The first-order valence-electron chi connectivity index (χ1n) is 9.35. The van der Waals surface area contributed by atoms with Gasteiger partial charge < -0.3 is 20.1 Å². The molecule has 1 aromatic heterocycles. The first-order valence-corrected chi connectivity index (χ1v) is 9.35. The molecule has 152 valence electrons. The van der Waals surface area contributed by atoms with Gasteiger partial charge in [-0.1, -0.05) is 23.4 Å². The third-order valence-corrected chi connectivity index (χ3v) is 4.32. The minimum atomic E-state index is -0.155. The average Bonchev–Trinajstić information content (AvgIpc) is 3.21. The zero-order valence-corrected chi connectivity index (χ0v) is 16.8. The second kappa shape index (κ2) is 9.59. The van der Waals surface area contributed by atoms with Gasteiger partial charge >= 0.3 is 0 Å². The Balaban J connectivity index is 1.58. The standard InChI is InChI=1S/C21H25N5O3/c1-4-22-17-7-5-6-16(11-17)18-13-26(25-24-18)14-21(27)23-12-15-8-9-19(28-2)20(10-15)29-3/h5-11,13,22H,4,12,14H2,1-3H3,(H,23,27). The van der Waals surface area contributed by atoms with Crippen molar-refractivity contribution >= 4 is 11.6 Å². The van der Waals surface area contributed by atoms with Crippen LogP contribution >= 0.6 is 0 Å². The van der Waals surface area contributed by atoms with E-state index in [-0.39, 0.29) is 12.5 Å². The van der Waals surface area contributed by atoms with Crippen LogP contribution in [-0.2, 0) is 17.9 Å². The van der Waals surface area contributed by atoms with Crippen molar-refractivity contribution in [3.8, 4) is 22.8 Å². The largest absolute Gasteiger partial charge is 0.493 e. The highest BCUT2D eigenvalue weighted by Crippen LogP contribution is 2.27. The Bertz CT molecular complexity index is 970. The van der Waals surface area contributed by atoms with Crippen LogP contribution < -0.4 is 20.1 Å². The van der Waals surface area contributed by atoms with E-state index in [1.54, 1.807) is 20.4 Å². The fraction of sp³-hybridized carbons (Fsp3) is 0.286. The molecular weight excluding hydrogens is 370 g/mol. The topological polar surface area (TPSA) is 90.3 Å². The van der Waals surface area contributed by atoms with Crippen LogP contribution in [0.1, 0.15) is 12.5 Å². The summed E-state index contributed by atoms with van der Waals surface area (Å²) in [7, 11) is 3.17. The number of benzene rings is 2. The van der Waals surface area contributed by atoms with E-state index in [0.717, 1.165) is 29.1 Å². The molecule has 0 unspecified atom stereocenters. The molecule has 0 fully saturated rings. The molecule has 8 heteroatoms. The number of hydrogen-bond donors (Lipinski definition) is 2. The van der Waals surface area contributed by atoms with E-state index < -0.39 is 0 Å². The molecular formula is C21H25N5O3. The monoisotopic (exact) mass is 395 g/mol. The number of carbonyl (C=O) groups is 1. The molecule has 0 radical (unpaired) electrons. The molecule has 0 saturated carbocycles. The number of hydrogen-bond acceptors (Lipinski definition) is 6. The minimum absolute atomic E-state index is 0.0905. The third-order valence-electron chi connectivity index (χ3n) is 4.32. The lowest BCUT2D eigenvalue weighted by molar-refractivity contribution is -0.122. The highest BCUT2D eigenvalue weighted by molar-refractivity contribution is 5.75. The number of nitrogens with one attached hydrogen (secondary N) is 2. The lowest BCUT2D eigenvalue weighted by atomic mass is 10.1. The van der Waals surface area contributed by atoms with Gasteiger partial charge in [-0.25, -0.2) is 4.68 Å². The fourth-order valence-electron chi connectivity index (χ4n) is 2.89. The summed E-state index contributed by atoms with van der Waals surface area (Å²) in [5.41, 5.74) is 3.60. The van der Waals surface area contributed by atoms with Crippen LogP contribution in [0.2, 0.25) is 0 Å². The minimum Gasteiger partial charge on any atom is -0.493 e. The average molecular weight is 395 g/mol. The summed E-state index contributed by atoms with van der Waals surface area (Å²) in [5, 5.41) is 14.4. The Morgan fingerprint density at radius 2 is 1.93 bits per heavy atom.